The van der Waals surface area contributed by atoms with Crippen molar-refractivity contribution in [3.8, 4) is 0 Å². The lowest BCUT2D eigenvalue weighted by molar-refractivity contribution is 0.163. The average molecular weight is 233 g/mol. The average Bonchev–Trinajstić information content (AvgIpc) is 2.42. The molecule has 1 aromatic rings. The Balaban J connectivity index is 2.06. The quantitative estimate of drug-likeness (QED) is 0.845. The van der Waals surface area contributed by atoms with E-state index in [0.29, 0.717) is 6.04 Å². The number of piperazine rings is 1. The normalized spacial score (nSPS) is 19.1. The number of aromatic nitrogens is 1. The molecule has 94 valence electrons. The number of nitrogens with zero attached hydrogens (tertiary/aromatic N) is 2. The molecule has 1 unspecified atom stereocenters. The standard InChI is InChI=1S/C14H23N3/c1-2-3-6-14(13-5-4-7-16-12-13)17-10-8-15-9-11-17/h4-5,7,12,14-15H,2-3,6,8-11H2,1H3. The Morgan fingerprint density at radius 3 is 2.88 bits per heavy atom. The van der Waals surface area contributed by atoms with E-state index in [4.69, 9.17) is 0 Å². The van der Waals surface area contributed by atoms with E-state index < -0.39 is 0 Å². The number of hydrogen-bond donors (Lipinski definition) is 1. The van der Waals surface area contributed by atoms with Gasteiger partial charge in [-0.1, -0.05) is 25.8 Å². The second-order valence-electron chi connectivity index (χ2n) is 4.73. The first-order chi connectivity index (χ1) is 8.42. The molecule has 2 rings (SSSR count). The Labute approximate surface area is 104 Å². The molecule has 3 heteroatoms. The van der Waals surface area contributed by atoms with Gasteiger partial charge in [-0.2, -0.15) is 0 Å². The molecule has 0 amide bonds. The molecule has 1 fully saturated rings. The zero-order chi connectivity index (χ0) is 11.9. The Morgan fingerprint density at radius 2 is 2.24 bits per heavy atom. The van der Waals surface area contributed by atoms with Crippen molar-refractivity contribution >= 4 is 0 Å². The van der Waals surface area contributed by atoms with Gasteiger partial charge in [0.1, 0.15) is 0 Å². The third kappa shape index (κ3) is 3.51. The molecule has 1 aliphatic rings. The Bertz CT molecular complexity index is 307. The van der Waals surface area contributed by atoms with E-state index in [9.17, 15) is 0 Å². The zero-order valence-corrected chi connectivity index (χ0v) is 10.7. The summed E-state index contributed by atoms with van der Waals surface area (Å²) in [5.41, 5.74) is 1.38. The van der Waals surface area contributed by atoms with Gasteiger partial charge < -0.3 is 5.32 Å². The van der Waals surface area contributed by atoms with E-state index in [1.54, 1.807) is 0 Å². The van der Waals surface area contributed by atoms with Crippen LogP contribution in [0.5, 0.6) is 0 Å². The fraction of sp³-hybridized carbons (Fsp3) is 0.643. The van der Waals surface area contributed by atoms with E-state index in [0.717, 1.165) is 26.2 Å². The van der Waals surface area contributed by atoms with Gasteiger partial charge in [-0.3, -0.25) is 9.88 Å². The number of rotatable bonds is 5. The Hall–Kier alpha value is -0.930. The second kappa shape index (κ2) is 6.72. The molecular formula is C14H23N3. The molecular weight excluding hydrogens is 210 g/mol. The van der Waals surface area contributed by atoms with Crippen molar-refractivity contribution in [1.82, 2.24) is 15.2 Å². The van der Waals surface area contributed by atoms with Crippen LogP contribution in [0, 0.1) is 0 Å². The largest absolute Gasteiger partial charge is 0.314 e. The summed E-state index contributed by atoms with van der Waals surface area (Å²) in [6.07, 6.45) is 7.70. The van der Waals surface area contributed by atoms with Crippen molar-refractivity contribution in [2.24, 2.45) is 0 Å². The van der Waals surface area contributed by atoms with Gasteiger partial charge in [0.25, 0.3) is 0 Å². The fourth-order valence-corrected chi connectivity index (χ4v) is 2.52. The van der Waals surface area contributed by atoms with E-state index in [-0.39, 0.29) is 0 Å². The molecule has 1 aromatic heterocycles. The van der Waals surface area contributed by atoms with Crippen molar-refractivity contribution in [2.75, 3.05) is 26.2 Å². The van der Waals surface area contributed by atoms with Crippen LogP contribution in [0.4, 0.5) is 0 Å². The van der Waals surface area contributed by atoms with Crippen LogP contribution < -0.4 is 5.32 Å². The maximum absolute atomic E-state index is 4.27. The number of nitrogens with one attached hydrogen (secondary N) is 1. The molecule has 3 nitrogen and oxygen atoms in total. The van der Waals surface area contributed by atoms with Gasteiger partial charge in [-0.25, -0.2) is 0 Å². The minimum atomic E-state index is 0.561. The van der Waals surface area contributed by atoms with Gasteiger partial charge >= 0.3 is 0 Å². The molecule has 1 atom stereocenters. The maximum atomic E-state index is 4.27. The molecule has 0 aromatic carbocycles. The molecule has 17 heavy (non-hydrogen) atoms. The van der Waals surface area contributed by atoms with Crippen LogP contribution in [-0.2, 0) is 0 Å². The van der Waals surface area contributed by atoms with Crippen LogP contribution in [0.1, 0.15) is 37.8 Å². The first-order valence-electron chi connectivity index (χ1n) is 6.76. The predicted molar refractivity (Wildman–Crippen MR) is 70.9 cm³/mol. The molecule has 0 aliphatic carbocycles. The van der Waals surface area contributed by atoms with Crippen LogP contribution >= 0.6 is 0 Å². The van der Waals surface area contributed by atoms with E-state index in [1.165, 1.54) is 24.8 Å². The first kappa shape index (κ1) is 12.5. The van der Waals surface area contributed by atoms with Crippen LogP contribution in [0.2, 0.25) is 0 Å². The van der Waals surface area contributed by atoms with Crippen molar-refractivity contribution in [3.05, 3.63) is 30.1 Å². The van der Waals surface area contributed by atoms with Gasteiger partial charge in [0.05, 0.1) is 0 Å². The monoisotopic (exact) mass is 233 g/mol. The van der Waals surface area contributed by atoms with Crippen LogP contribution in [0.3, 0.4) is 0 Å². The van der Waals surface area contributed by atoms with Gasteiger partial charge in [0.15, 0.2) is 0 Å². The number of unbranched alkanes of at least 4 members (excludes halogenated alkanes) is 1. The molecule has 2 heterocycles. The summed E-state index contributed by atoms with van der Waals surface area (Å²) in [5.74, 6) is 0. The number of pyridine rings is 1. The van der Waals surface area contributed by atoms with E-state index in [2.05, 4.69) is 34.3 Å². The molecule has 0 saturated carbocycles. The van der Waals surface area contributed by atoms with Crippen molar-refractivity contribution < 1.29 is 0 Å². The first-order valence-corrected chi connectivity index (χ1v) is 6.76. The molecule has 0 spiro atoms. The predicted octanol–water partition coefficient (Wildman–Crippen LogP) is 2.22. The highest BCUT2D eigenvalue weighted by Gasteiger charge is 2.21. The van der Waals surface area contributed by atoms with Gasteiger partial charge in [-0.15, -0.1) is 0 Å². The third-order valence-electron chi connectivity index (χ3n) is 3.49. The summed E-state index contributed by atoms with van der Waals surface area (Å²) in [5, 5.41) is 3.42. The van der Waals surface area contributed by atoms with Gasteiger partial charge in [0, 0.05) is 44.6 Å². The highest BCUT2D eigenvalue weighted by molar-refractivity contribution is 5.14. The summed E-state index contributed by atoms with van der Waals surface area (Å²) in [4.78, 5) is 6.87. The summed E-state index contributed by atoms with van der Waals surface area (Å²) in [6, 6.07) is 4.83. The SMILES string of the molecule is CCCCC(c1cccnc1)N1CCNCC1. The Morgan fingerprint density at radius 1 is 1.41 bits per heavy atom. The smallest absolute Gasteiger partial charge is 0.0364 e. The van der Waals surface area contributed by atoms with Crippen molar-refractivity contribution in [1.29, 1.82) is 0 Å². The lowest BCUT2D eigenvalue weighted by Gasteiger charge is -2.35. The fourth-order valence-electron chi connectivity index (χ4n) is 2.52. The van der Waals surface area contributed by atoms with E-state index in [1.807, 2.05) is 12.4 Å². The summed E-state index contributed by atoms with van der Waals surface area (Å²) in [6.45, 7) is 6.80. The second-order valence-corrected chi connectivity index (χ2v) is 4.73. The van der Waals surface area contributed by atoms with Crippen molar-refractivity contribution in [2.45, 2.75) is 32.2 Å². The highest BCUT2D eigenvalue weighted by Crippen LogP contribution is 2.25. The van der Waals surface area contributed by atoms with Gasteiger partial charge in [-0.05, 0) is 18.1 Å². The lowest BCUT2D eigenvalue weighted by atomic mass is 10.0. The molecule has 1 aliphatic heterocycles. The van der Waals surface area contributed by atoms with Crippen LogP contribution in [-0.4, -0.2) is 36.1 Å². The maximum Gasteiger partial charge on any atom is 0.0364 e. The highest BCUT2D eigenvalue weighted by atomic mass is 15.2. The lowest BCUT2D eigenvalue weighted by Crippen LogP contribution is -2.45. The number of hydrogen-bond acceptors (Lipinski definition) is 3. The molecule has 0 radical (unpaired) electrons. The minimum absolute atomic E-state index is 0.561. The van der Waals surface area contributed by atoms with Crippen LogP contribution in [0.15, 0.2) is 24.5 Å². The summed E-state index contributed by atoms with van der Waals surface area (Å²) >= 11 is 0. The molecule has 0 bridgehead atoms. The Kier molecular flexibility index (Phi) is 4.95. The summed E-state index contributed by atoms with van der Waals surface area (Å²) in [7, 11) is 0. The topological polar surface area (TPSA) is 28.2 Å². The molecule has 1 saturated heterocycles. The minimum Gasteiger partial charge on any atom is -0.314 e. The molecule has 1 N–H and O–H groups in total. The van der Waals surface area contributed by atoms with Crippen LogP contribution in [0.25, 0.3) is 0 Å². The zero-order valence-electron chi connectivity index (χ0n) is 10.7. The summed E-state index contributed by atoms with van der Waals surface area (Å²) < 4.78 is 0. The van der Waals surface area contributed by atoms with Gasteiger partial charge in [0.2, 0.25) is 0 Å². The van der Waals surface area contributed by atoms with E-state index >= 15 is 0 Å². The van der Waals surface area contributed by atoms with Crippen molar-refractivity contribution in [3.63, 3.8) is 0 Å². The third-order valence-corrected chi connectivity index (χ3v) is 3.49.